The Bertz CT molecular complexity index is 608. The van der Waals surface area contributed by atoms with Crippen LogP contribution in [0.5, 0.6) is 0 Å². The molecule has 24 heavy (non-hydrogen) atoms. The number of nitrogens with one attached hydrogen (secondary N) is 2. The summed E-state index contributed by atoms with van der Waals surface area (Å²) in [5, 5.41) is 0. The fourth-order valence-corrected chi connectivity index (χ4v) is 4.00. The summed E-state index contributed by atoms with van der Waals surface area (Å²) in [5.74, 6) is 0. The molecule has 1 heterocycles. The number of aryl methyl sites for hydroxylation is 1. The van der Waals surface area contributed by atoms with Crippen molar-refractivity contribution < 1.29 is 8.42 Å². The van der Waals surface area contributed by atoms with Crippen molar-refractivity contribution in [3.8, 4) is 0 Å². The average molecular weight is 355 g/mol. The maximum Gasteiger partial charge on any atom is 0.277 e. The van der Waals surface area contributed by atoms with Crippen LogP contribution in [-0.2, 0) is 10.2 Å². The second-order valence-corrected chi connectivity index (χ2v) is 8.42. The average Bonchev–Trinajstić information content (AvgIpc) is 2.49. The van der Waals surface area contributed by atoms with E-state index in [0.29, 0.717) is 6.54 Å². The number of benzene rings is 1. The molecular weight excluding hydrogens is 324 g/mol. The fourth-order valence-electron chi connectivity index (χ4n) is 2.92. The van der Waals surface area contributed by atoms with E-state index in [9.17, 15) is 8.42 Å². The summed E-state index contributed by atoms with van der Waals surface area (Å²) in [4.78, 5) is 4.66. The van der Waals surface area contributed by atoms with Crippen molar-refractivity contribution in [3.05, 3.63) is 35.4 Å². The van der Waals surface area contributed by atoms with Crippen molar-refractivity contribution in [3.63, 3.8) is 0 Å². The first kappa shape index (κ1) is 19.3. The van der Waals surface area contributed by atoms with Crippen LogP contribution in [0.25, 0.3) is 0 Å². The minimum atomic E-state index is -3.48. The quantitative estimate of drug-likeness (QED) is 0.770. The molecule has 0 radical (unpaired) electrons. The van der Waals surface area contributed by atoms with Crippen LogP contribution in [0.4, 0.5) is 0 Å². The topological polar surface area (TPSA) is 64.7 Å². The maximum atomic E-state index is 12.1. The lowest BCUT2D eigenvalue weighted by Gasteiger charge is -2.38. The maximum absolute atomic E-state index is 12.1. The monoisotopic (exact) mass is 354 g/mol. The van der Waals surface area contributed by atoms with Crippen LogP contribution >= 0.6 is 0 Å². The Kier molecular flexibility index (Phi) is 6.77. The first-order chi connectivity index (χ1) is 11.3. The molecule has 6 nitrogen and oxygen atoms in total. The zero-order valence-corrected chi connectivity index (χ0v) is 15.9. The van der Waals surface area contributed by atoms with Gasteiger partial charge in [-0.05, 0) is 33.4 Å². The largest absolute Gasteiger partial charge is 0.304 e. The van der Waals surface area contributed by atoms with Gasteiger partial charge in [-0.15, -0.1) is 0 Å². The van der Waals surface area contributed by atoms with Crippen LogP contribution in [0.1, 0.15) is 31.0 Å². The van der Waals surface area contributed by atoms with E-state index in [1.807, 2.05) is 13.8 Å². The molecular formula is C17H30N4O2S. The molecule has 136 valence electrons. The van der Waals surface area contributed by atoms with Gasteiger partial charge < -0.3 is 4.90 Å². The Morgan fingerprint density at radius 3 is 2.21 bits per heavy atom. The van der Waals surface area contributed by atoms with E-state index < -0.39 is 10.2 Å². The van der Waals surface area contributed by atoms with Gasteiger partial charge in [0, 0.05) is 44.8 Å². The number of nitrogens with zero attached hydrogens (tertiary/aromatic N) is 2. The van der Waals surface area contributed by atoms with Crippen LogP contribution in [-0.4, -0.2) is 64.0 Å². The minimum absolute atomic E-state index is 0.0445. The van der Waals surface area contributed by atoms with Gasteiger partial charge in [0.25, 0.3) is 10.2 Å². The molecule has 2 rings (SSSR count). The van der Waals surface area contributed by atoms with Crippen LogP contribution in [0.15, 0.2) is 24.3 Å². The molecule has 0 amide bonds. The van der Waals surface area contributed by atoms with Crippen molar-refractivity contribution in [2.45, 2.75) is 32.9 Å². The van der Waals surface area contributed by atoms with E-state index in [4.69, 9.17) is 0 Å². The highest BCUT2D eigenvalue weighted by atomic mass is 32.2. The van der Waals surface area contributed by atoms with Crippen molar-refractivity contribution in [2.75, 3.05) is 39.8 Å². The summed E-state index contributed by atoms with van der Waals surface area (Å²) in [6.07, 6.45) is 0. The number of rotatable bonds is 7. The van der Waals surface area contributed by atoms with E-state index in [1.165, 1.54) is 5.56 Å². The lowest BCUT2D eigenvalue weighted by atomic mass is 10.0. The van der Waals surface area contributed by atoms with Gasteiger partial charge in [0.1, 0.15) is 0 Å². The first-order valence-electron chi connectivity index (χ1n) is 8.53. The van der Waals surface area contributed by atoms with Gasteiger partial charge in [0.2, 0.25) is 0 Å². The lowest BCUT2D eigenvalue weighted by Crippen LogP contribution is -2.50. The minimum Gasteiger partial charge on any atom is -0.304 e. The predicted octanol–water partition coefficient (Wildman–Crippen LogP) is 1.12. The Hall–Kier alpha value is -0.990. The predicted molar refractivity (Wildman–Crippen MR) is 98.2 cm³/mol. The van der Waals surface area contributed by atoms with Gasteiger partial charge >= 0.3 is 0 Å². The summed E-state index contributed by atoms with van der Waals surface area (Å²) in [7, 11) is -1.36. The van der Waals surface area contributed by atoms with Crippen molar-refractivity contribution >= 4 is 10.2 Å². The third-order valence-electron chi connectivity index (χ3n) is 4.30. The molecule has 1 aromatic rings. The summed E-state index contributed by atoms with van der Waals surface area (Å²) in [6, 6.07) is 8.29. The molecule has 1 aromatic carbocycles. The number of hydrogen-bond donors (Lipinski definition) is 2. The van der Waals surface area contributed by atoms with E-state index in [2.05, 4.69) is 57.5 Å². The van der Waals surface area contributed by atoms with Gasteiger partial charge in [-0.1, -0.05) is 29.8 Å². The van der Waals surface area contributed by atoms with Crippen LogP contribution in [0, 0.1) is 6.92 Å². The Balaban J connectivity index is 2.12. The Labute approximate surface area is 146 Å². The highest BCUT2D eigenvalue weighted by molar-refractivity contribution is 7.87. The summed E-state index contributed by atoms with van der Waals surface area (Å²) >= 11 is 0. The van der Waals surface area contributed by atoms with Crippen molar-refractivity contribution in [1.29, 1.82) is 0 Å². The molecule has 0 bridgehead atoms. The molecule has 2 N–H and O–H groups in total. The molecule has 1 aliphatic heterocycles. The zero-order valence-electron chi connectivity index (χ0n) is 15.1. The lowest BCUT2D eigenvalue weighted by molar-refractivity contribution is 0.113. The van der Waals surface area contributed by atoms with Gasteiger partial charge in [-0.3, -0.25) is 4.90 Å². The number of hydrogen-bond acceptors (Lipinski definition) is 4. The van der Waals surface area contributed by atoms with Crippen molar-refractivity contribution in [2.24, 2.45) is 0 Å². The van der Waals surface area contributed by atoms with Gasteiger partial charge in [0.05, 0.1) is 0 Å². The molecule has 0 aliphatic carbocycles. The molecule has 0 saturated carbocycles. The molecule has 1 unspecified atom stereocenters. The molecule has 1 atom stereocenters. The second-order valence-electron chi connectivity index (χ2n) is 6.89. The molecule has 1 aliphatic rings. The fraction of sp³-hybridized carbons (Fsp3) is 0.647. The summed E-state index contributed by atoms with van der Waals surface area (Å²) < 4.78 is 29.5. The summed E-state index contributed by atoms with van der Waals surface area (Å²) in [6.45, 7) is 9.94. The highest BCUT2D eigenvalue weighted by Gasteiger charge is 2.25. The van der Waals surface area contributed by atoms with E-state index in [1.54, 1.807) is 0 Å². The zero-order chi connectivity index (χ0) is 17.7. The molecule has 0 spiro atoms. The standard InChI is InChI=1S/C17H30N4O2S/c1-14(2)19-24(22,23)18-13-17(16-7-5-15(3)6-8-16)21-11-9-20(4)10-12-21/h5-8,14,17-19H,9-13H2,1-4H3. The van der Waals surface area contributed by atoms with Gasteiger partial charge in [-0.2, -0.15) is 13.1 Å². The van der Waals surface area contributed by atoms with E-state index >= 15 is 0 Å². The molecule has 1 fully saturated rings. The normalized spacial score (nSPS) is 18.9. The SMILES string of the molecule is Cc1ccc(C(CNS(=O)(=O)NC(C)C)N2CCN(C)CC2)cc1. The first-order valence-corrected chi connectivity index (χ1v) is 10.0. The van der Waals surface area contributed by atoms with E-state index in [0.717, 1.165) is 31.7 Å². The molecule has 0 aromatic heterocycles. The van der Waals surface area contributed by atoms with Crippen molar-refractivity contribution in [1.82, 2.24) is 19.2 Å². The van der Waals surface area contributed by atoms with Gasteiger partial charge in [0.15, 0.2) is 0 Å². The van der Waals surface area contributed by atoms with Crippen LogP contribution in [0.2, 0.25) is 0 Å². The highest BCUT2D eigenvalue weighted by Crippen LogP contribution is 2.22. The third kappa shape index (κ3) is 5.82. The second kappa shape index (κ2) is 8.40. The van der Waals surface area contributed by atoms with Crippen LogP contribution < -0.4 is 9.44 Å². The third-order valence-corrected chi connectivity index (χ3v) is 5.63. The van der Waals surface area contributed by atoms with E-state index in [-0.39, 0.29) is 12.1 Å². The molecule has 7 heteroatoms. The Morgan fingerprint density at radius 2 is 1.67 bits per heavy atom. The number of likely N-dealkylation sites (N-methyl/N-ethyl adjacent to an activating group) is 1. The molecule has 1 saturated heterocycles. The van der Waals surface area contributed by atoms with Gasteiger partial charge in [-0.25, -0.2) is 4.72 Å². The van der Waals surface area contributed by atoms with Crippen LogP contribution in [0.3, 0.4) is 0 Å². The Morgan fingerprint density at radius 1 is 1.08 bits per heavy atom. The summed E-state index contributed by atoms with van der Waals surface area (Å²) in [5.41, 5.74) is 2.36. The smallest absolute Gasteiger partial charge is 0.277 e. The number of piperazine rings is 1.